The summed E-state index contributed by atoms with van der Waals surface area (Å²) in [6.45, 7) is 3.88. The zero-order valence-electron chi connectivity index (χ0n) is 9.22. The minimum absolute atomic E-state index is 0.163. The molecule has 1 N–H and O–H groups in total. The monoisotopic (exact) mass is 225 g/mol. The second-order valence-electron chi connectivity index (χ2n) is 4.35. The summed E-state index contributed by atoms with van der Waals surface area (Å²) in [6, 6.07) is 2.91. The van der Waals surface area contributed by atoms with Crippen molar-refractivity contribution in [3.8, 4) is 0 Å². The van der Waals surface area contributed by atoms with Gasteiger partial charge in [0.15, 0.2) is 0 Å². The first-order valence-corrected chi connectivity index (χ1v) is 6.67. The van der Waals surface area contributed by atoms with Crippen LogP contribution in [0.3, 0.4) is 0 Å². The van der Waals surface area contributed by atoms with E-state index in [1.807, 2.05) is 6.92 Å². The van der Waals surface area contributed by atoms with Gasteiger partial charge in [0, 0.05) is 19.1 Å². The summed E-state index contributed by atoms with van der Waals surface area (Å²) >= 11 is 1.75. The van der Waals surface area contributed by atoms with Gasteiger partial charge in [-0.25, -0.2) is 0 Å². The Balaban J connectivity index is 1.88. The van der Waals surface area contributed by atoms with Gasteiger partial charge in [0.2, 0.25) is 0 Å². The van der Waals surface area contributed by atoms with Gasteiger partial charge in [0.05, 0.1) is 6.10 Å². The van der Waals surface area contributed by atoms with Crippen LogP contribution in [0.2, 0.25) is 0 Å². The first kappa shape index (κ1) is 11.1. The predicted octanol–water partition coefficient (Wildman–Crippen LogP) is 2.48. The summed E-state index contributed by atoms with van der Waals surface area (Å²) in [4.78, 5) is 2.43. The number of thiophene rings is 1. The third-order valence-corrected chi connectivity index (χ3v) is 3.68. The first-order chi connectivity index (χ1) is 7.29. The molecule has 84 valence electrons. The van der Waals surface area contributed by atoms with E-state index in [0.717, 1.165) is 25.6 Å². The molecule has 0 aromatic carbocycles. The molecule has 3 heteroatoms. The maximum atomic E-state index is 9.69. The smallest absolute Gasteiger partial charge is 0.0664 e. The number of nitrogens with zero attached hydrogens (tertiary/aromatic N) is 1. The van der Waals surface area contributed by atoms with Crippen molar-refractivity contribution >= 4 is 11.3 Å². The van der Waals surface area contributed by atoms with Gasteiger partial charge in [0.1, 0.15) is 0 Å². The molecule has 1 aliphatic carbocycles. The van der Waals surface area contributed by atoms with E-state index in [1.54, 1.807) is 11.3 Å². The van der Waals surface area contributed by atoms with Gasteiger partial charge >= 0.3 is 0 Å². The van der Waals surface area contributed by atoms with Crippen LogP contribution >= 0.6 is 11.3 Å². The number of aliphatic hydroxyl groups is 1. The molecule has 0 amide bonds. The highest BCUT2D eigenvalue weighted by molar-refractivity contribution is 7.07. The Morgan fingerprint density at radius 2 is 2.40 bits per heavy atom. The zero-order chi connectivity index (χ0) is 10.7. The van der Waals surface area contributed by atoms with Crippen molar-refractivity contribution in [2.45, 2.75) is 44.9 Å². The van der Waals surface area contributed by atoms with Gasteiger partial charge in [-0.1, -0.05) is 6.92 Å². The van der Waals surface area contributed by atoms with Crippen molar-refractivity contribution in [1.82, 2.24) is 4.90 Å². The molecular weight excluding hydrogens is 206 g/mol. The van der Waals surface area contributed by atoms with E-state index >= 15 is 0 Å². The Bertz CT molecular complexity index is 282. The second-order valence-corrected chi connectivity index (χ2v) is 5.13. The molecule has 2 nitrogen and oxygen atoms in total. The standard InChI is InChI=1S/C12H19NOS/c1-2-12(14)8-13(11-3-4-11)7-10-5-6-15-9-10/h5-6,9,11-12,14H,2-4,7-8H2,1H3. The van der Waals surface area contributed by atoms with Gasteiger partial charge in [0.25, 0.3) is 0 Å². The van der Waals surface area contributed by atoms with Crippen LogP contribution in [0.4, 0.5) is 0 Å². The fourth-order valence-corrected chi connectivity index (χ4v) is 2.46. The molecule has 1 fully saturated rings. The lowest BCUT2D eigenvalue weighted by Crippen LogP contribution is -2.33. The Labute approximate surface area is 95.5 Å². The van der Waals surface area contributed by atoms with Gasteiger partial charge in [-0.2, -0.15) is 11.3 Å². The van der Waals surface area contributed by atoms with E-state index in [1.165, 1.54) is 18.4 Å². The molecule has 1 heterocycles. The maximum absolute atomic E-state index is 9.69. The Morgan fingerprint density at radius 3 is 2.93 bits per heavy atom. The fourth-order valence-electron chi connectivity index (χ4n) is 1.80. The largest absolute Gasteiger partial charge is 0.392 e. The quantitative estimate of drug-likeness (QED) is 0.804. The summed E-state index contributed by atoms with van der Waals surface area (Å²) in [5.41, 5.74) is 1.38. The summed E-state index contributed by atoms with van der Waals surface area (Å²) in [7, 11) is 0. The molecule has 1 aliphatic rings. The molecule has 1 unspecified atom stereocenters. The molecule has 0 aliphatic heterocycles. The summed E-state index contributed by atoms with van der Waals surface area (Å²) in [5, 5.41) is 14.0. The molecule has 0 spiro atoms. The van der Waals surface area contributed by atoms with Crippen molar-refractivity contribution < 1.29 is 5.11 Å². The average molecular weight is 225 g/mol. The lowest BCUT2D eigenvalue weighted by molar-refractivity contribution is 0.101. The van der Waals surface area contributed by atoms with Crippen molar-refractivity contribution in [3.63, 3.8) is 0 Å². The molecule has 1 atom stereocenters. The fraction of sp³-hybridized carbons (Fsp3) is 0.667. The Hall–Kier alpha value is -0.380. The van der Waals surface area contributed by atoms with E-state index in [9.17, 15) is 5.11 Å². The summed E-state index contributed by atoms with van der Waals surface area (Å²) in [6.07, 6.45) is 3.30. The molecule has 0 bridgehead atoms. The maximum Gasteiger partial charge on any atom is 0.0664 e. The Morgan fingerprint density at radius 1 is 1.60 bits per heavy atom. The van der Waals surface area contributed by atoms with Crippen LogP contribution < -0.4 is 0 Å². The van der Waals surface area contributed by atoms with E-state index in [0.29, 0.717) is 0 Å². The number of hydrogen-bond donors (Lipinski definition) is 1. The molecule has 0 saturated heterocycles. The SMILES string of the molecule is CCC(O)CN(Cc1ccsc1)C1CC1. The first-order valence-electron chi connectivity index (χ1n) is 5.72. The highest BCUT2D eigenvalue weighted by Crippen LogP contribution is 2.28. The average Bonchev–Trinajstić information content (AvgIpc) is 2.97. The number of aliphatic hydroxyl groups excluding tert-OH is 1. The highest BCUT2D eigenvalue weighted by Gasteiger charge is 2.29. The topological polar surface area (TPSA) is 23.5 Å². The third-order valence-electron chi connectivity index (χ3n) is 2.95. The van der Waals surface area contributed by atoms with Crippen LogP contribution in [0, 0.1) is 0 Å². The van der Waals surface area contributed by atoms with Gasteiger partial charge in [-0.3, -0.25) is 4.90 Å². The van der Waals surface area contributed by atoms with Crippen LogP contribution in [0.1, 0.15) is 31.7 Å². The normalized spacial score (nSPS) is 18.3. The van der Waals surface area contributed by atoms with Crippen LogP contribution in [-0.4, -0.2) is 28.7 Å². The molecule has 15 heavy (non-hydrogen) atoms. The molecule has 1 aromatic heterocycles. The molecule has 0 radical (unpaired) electrons. The van der Waals surface area contributed by atoms with Crippen LogP contribution in [0.5, 0.6) is 0 Å². The molecule has 1 aromatic rings. The van der Waals surface area contributed by atoms with E-state index in [-0.39, 0.29) is 6.10 Å². The number of hydrogen-bond acceptors (Lipinski definition) is 3. The summed E-state index contributed by atoms with van der Waals surface area (Å²) in [5.74, 6) is 0. The lowest BCUT2D eigenvalue weighted by atomic mass is 10.2. The molecule has 2 rings (SSSR count). The molecule has 1 saturated carbocycles. The minimum atomic E-state index is -0.163. The van der Waals surface area contributed by atoms with Crippen molar-refractivity contribution in [3.05, 3.63) is 22.4 Å². The Kier molecular flexibility index (Phi) is 3.78. The van der Waals surface area contributed by atoms with Gasteiger partial charge in [-0.15, -0.1) is 0 Å². The van der Waals surface area contributed by atoms with Crippen molar-refractivity contribution in [2.75, 3.05) is 6.54 Å². The second kappa shape index (κ2) is 5.10. The number of rotatable bonds is 6. The van der Waals surface area contributed by atoms with E-state index in [4.69, 9.17) is 0 Å². The third kappa shape index (κ3) is 3.30. The van der Waals surface area contributed by atoms with Crippen molar-refractivity contribution in [2.24, 2.45) is 0 Å². The highest BCUT2D eigenvalue weighted by atomic mass is 32.1. The van der Waals surface area contributed by atoms with Gasteiger partial charge < -0.3 is 5.11 Å². The lowest BCUT2D eigenvalue weighted by Gasteiger charge is -2.23. The van der Waals surface area contributed by atoms with Crippen LogP contribution in [-0.2, 0) is 6.54 Å². The van der Waals surface area contributed by atoms with E-state index in [2.05, 4.69) is 21.7 Å². The van der Waals surface area contributed by atoms with Crippen LogP contribution in [0.15, 0.2) is 16.8 Å². The zero-order valence-corrected chi connectivity index (χ0v) is 10.0. The van der Waals surface area contributed by atoms with Gasteiger partial charge in [-0.05, 0) is 41.7 Å². The van der Waals surface area contributed by atoms with E-state index < -0.39 is 0 Å². The van der Waals surface area contributed by atoms with Crippen LogP contribution in [0.25, 0.3) is 0 Å². The minimum Gasteiger partial charge on any atom is -0.392 e. The van der Waals surface area contributed by atoms with Crippen molar-refractivity contribution in [1.29, 1.82) is 0 Å². The predicted molar refractivity (Wildman–Crippen MR) is 64.0 cm³/mol. The summed E-state index contributed by atoms with van der Waals surface area (Å²) < 4.78 is 0. The molecular formula is C12H19NOS.